The molecule has 0 aliphatic carbocycles. The first-order valence-corrected chi connectivity index (χ1v) is 3.34. The van der Waals surface area contributed by atoms with E-state index in [4.69, 9.17) is 0 Å². The molecule has 0 saturated heterocycles. The summed E-state index contributed by atoms with van der Waals surface area (Å²) in [5.74, 6) is 0.352. The second-order valence-electron chi connectivity index (χ2n) is 2.85. The van der Waals surface area contributed by atoms with E-state index < -0.39 is 0 Å². The lowest BCUT2D eigenvalue weighted by atomic mass is 10.2. The molecular formula is C7H15NO. The van der Waals surface area contributed by atoms with Crippen molar-refractivity contribution in [3.63, 3.8) is 0 Å². The minimum Gasteiger partial charge on any atom is -0.624 e. The van der Waals surface area contributed by atoms with Gasteiger partial charge < -0.3 is 5.21 Å². The van der Waals surface area contributed by atoms with Crippen molar-refractivity contribution in [2.24, 2.45) is 5.92 Å². The Morgan fingerprint density at radius 1 is 1.22 bits per heavy atom. The maximum absolute atomic E-state index is 10.8. The summed E-state index contributed by atoms with van der Waals surface area (Å²) in [5, 5.41) is 10.8. The molecular weight excluding hydrogens is 114 g/mol. The quantitative estimate of drug-likeness (QED) is 0.241. The van der Waals surface area contributed by atoms with Gasteiger partial charge in [-0.05, 0) is 13.8 Å². The summed E-state index contributed by atoms with van der Waals surface area (Å²) in [6, 6.07) is 0.0763. The van der Waals surface area contributed by atoms with Gasteiger partial charge in [0.2, 0.25) is 0 Å². The van der Waals surface area contributed by atoms with Crippen LogP contribution in [0.5, 0.6) is 0 Å². The molecule has 0 aromatic carbocycles. The zero-order valence-corrected chi connectivity index (χ0v) is 6.59. The molecule has 54 valence electrons. The lowest BCUT2D eigenvalue weighted by molar-refractivity contribution is -0.489. The van der Waals surface area contributed by atoms with E-state index in [-0.39, 0.29) is 6.04 Å². The van der Waals surface area contributed by atoms with Crippen LogP contribution in [0.15, 0.2) is 0 Å². The van der Waals surface area contributed by atoms with E-state index in [2.05, 4.69) is 0 Å². The highest BCUT2D eigenvalue weighted by molar-refractivity contribution is 5.53. The van der Waals surface area contributed by atoms with E-state index in [1.807, 2.05) is 27.7 Å². The fourth-order valence-electron chi connectivity index (χ4n) is 0.466. The number of rotatable bonds is 2. The first-order chi connectivity index (χ1) is 4.04. The van der Waals surface area contributed by atoms with E-state index in [1.54, 1.807) is 6.21 Å². The summed E-state index contributed by atoms with van der Waals surface area (Å²) < 4.78 is 0.991. The van der Waals surface area contributed by atoms with Gasteiger partial charge in [0.15, 0.2) is 12.3 Å². The lowest BCUT2D eigenvalue weighted by Gasteiger charge is -2.07. The van der Waals surface area contributed by atoms with Crippen LogP contribution in [0.4, 0.5) is 0 Å². The van der Waals surface area contributed by atoms with Crippen LogP contribution in [-0.2, 0) is 0 Å². The summed E-state index contributed by atoms with van der Waals surface area (Å²) in [7, 11) is 0. The van der Waals surface area contributed by atoms with Gasteiger partial charge in [-0.25, -0.2) is 4.74 Å². The summed E-state index contributed by atoms with van der Waals surface area (Å²) in [6.07, 6.45) is 1.69. The van der Waals surface area contributed by atoms with Crippen molar-refractivity contribution in [3.8, 4) is 0 Å². The van der Waals surface area contributed by atoms with Crippen molar-refractivity contribution >= 4 is 6.21 Å². The Morgan fingerprint density at radius 3 is 1.78 bits per heavy atom. The van der Waals surface area contributed by atoms with Gasteiger partial charge >= 0.3 is 0 Å². The largest absolute Gasteiger partial charge is 0.624 e. The number of hydrogen-bond donors (Lipinski definition) is 0. The molecule has 0 aliphatic heterocycles. The fourth-order valence-corrected chi connectivity index (χ4v) is 0.466. The average Bonchev–Trinajstić information content (AvgIpc) is 1.63. The normalized spacial score (nSPS) is 13.3. The molecule has 0 unspecified atom stereocenters. The Bertz CT molecular complexity index is 105. The van der Waals surface area contributed by atoms with Crippen molar-refractivity contribution < 1.29 is 4.74 Å². The van der Waals surface area contributed by atoms with E-state index >= 15 is 0 Å². The standard InChI is InChI=1S/C7H15NO/c1-6(2)5-8(9)7(3)4/h5-7H,1-4H3/b8-5-. The highest BCUT2D eigenvalue weighted by Crippen LogP contribution is 1.89. The van der Waals surface area contributed by atoms with Crippen LogP contribution < -0.4 is 0 Å². The molecule has 0 radical (unpaired) electrons. The first-order valence-electron chi connectivity index (χ1n) is 3.34. The SMILES string of the molecule is CC(C)/C=[N+](\[O-])C(C)C. The molecule has 0 saturated carbocycles. The van der Waals surface area contributed by atoms with Gasteiger partial charge in [-0.3, -0.25) is 0 Å². The van der Waals surface area contributed by atoms with E-state index in [0.29, 0.717) is 5.92 Å². The van der Waals surface area contributed by atoms with Crippen LogP contribution >= 0.6 is 0 Å². The monoisotopic (exact) mass is 129 g/mol. The molecule has 9 heavy (non-hydrogen) atoms. The van der Waals surface area contributed by atoms with Gasteiger partial charge in [0.25, 0.3) is 0 Å². The zero-order chi connectivity index (χ0) is 7.44. The summed E-state index contributed by atoms with van der Waals surface area (Å²) in [6.45, 7) is 7.75. The van der Waals surface area contributed by atoms with Gasteiger partial charge in [-0.1, -0.05) is 13.8 Å². The average molecular weight is 129 g/mol. The topological polar surface area (TPSA) is 26.1 Å². The van der Waals surface area contributed by atoms with Crippen molar-refractivity contribution in [2.75, 3.05) is 0 Å². The van der Waals surface area contributed by atoms with Crippen molar-refractivity contribution in [1.29, 1.82) is 0 Å². The molecule has 2 nitrogen and oxygen atoms in total. The lowest BCUT2D eigenvalue weighted by Crippen LogP contribution is -2.16. The second-order valence-corrected chi connectivity index (χ2v) is 2.85. The second kappa shape index (κ2) is 3.49. The Labute approximate surface area is 56.8 Å². The predicted octanol–water partition coefficient (Wildman–Crippen LogP) is 1.63. The molecule has 0 atom stereocenters. The summed E-state index contributed by atoms with van der Waals surface area (Å²) >= 11 is 0. The molecule has 2 heteroatoms. The number of nitrogens with zero attached hydrogens (tertiary/aromatic N) is 1. The molecule has 0 amide bonds. The van der Waals surface area contributed by atoms with Gasteiger partial charge in [0.05, 0.1) is 0 Å². The van der Waals surface area contributed by atoms with Crippen molar-refractivity contribution in [1.82, 2.24) is 0 Å². The van der Waals surface area contributed by atoms with Gasteiger partial charge in [-0.2, -0.15) is 0 Å². The smallest absolute Gasteiger partial charge is 0.157 e. The van der Waals surface area contributed by atoms with Gasteiger partial charge in [0.1, 0.15) is 0 Å². The molecule has 0 fully saturated rings. The first kappa shape index (κ1) is 8.47. The maximum atomic E-state index is 10.8. The molecule has 0 bridgehead atoms. The van der Waals surface area contributed by atoms with Crippen LogP contribution in [0.3, 0.4) is 0 Å². The van der Waals surface area contributed by atoms with Crippen LogP contribution in [0.25, 0.3) is 0 Å². The third-order valence-electron chi connectivity index (χ3n) is 0.954. The van der Waals surface area contributed by atoms with Crippen LogP contribution in [-0.4, -0.2) is 17.0 Å². The van der Waals surface area contributed by atoms with Crippen molar-refractivity contribution in [2.45, 2.75) is 33.7 Å². The molecule has 0 N–H and O–H groups in total. The molecule has 0 aliphatic rings. The van der Waals surface area contributed by atoms with E-state index in [1.165, 1.54) is 0 Å². The minimum absolute atomic E-state index is 0.0763. The number of hydrogen-bond acceptors (Lipinski definition) is 1. The number of hydroxylamine groups is 1. The Hall–Kier alpha value is -0.530. The van der Waals surface area contributed by atoms with Crippen LogP contribution in [0.2, 0.25) is 0 Å². The molecule has 0 aromatic heterocycles. The minimum atomic E-state index is 0.0763. The summed E-state index contributed by atoms with van der Waals surface area (Å²) in [4.78, 5) is 0. The molecule has 0 spiro atoms. The Balaban J connectivity index is 3.84. The highest BCUT2D eigenvalue weighted by atomic mass is 16.5. The molecule has 0 rings (SSSR count). The third-order valence-corrected chi connectivity index (χ3v) is 0.954. The Kier molecular flexibility index (Phi) is 3.28. The van der Waals surface area contributed by atoms with Gasteiger partial charge in [-0.15, -0.1) is 0 Å². The predicted molar refractivity (Wildman–Crippen MR) is 39.7 cm³/mol. The highest BCUT2D eigenvalue weighted by Gasteiger charge is 1.99. The zero-order valence-electron chi connectivity index (χ0n) is 6.59. The molecule has 0 heterocycles. The van der Waals surface area contributed by atoms with E-state index in [0.717, 1.165) is 4.74 Å². The van der Waals surface area contributed by atoms with Crippen LogP contribution in [0, 0.1) is 11.1 Å². The van der Waals surface area contributed by atoms with Crippen LogP contribution in [0.1, 0.15) is 27.7 Å². The van der Waals surface area contributed by atoms with Crippen molar-refractivity contribution in [3.05, 3.63) is 5.21 Å². The molecule has 0 aromatic rings. The van der Waals surface area contributed by atoms with E-state index in [9.17, 15) is 5.21 Å². The summed E-state index contributed by atoms with van der Waals surface area (Å²) in [5.41, 5.74) is 0. The third kappa shape index (κ3) is 4.01. The fraction of sp³-hybridized carbons (Fsp3) is 0.857. The Morgan fingerprint density at radius 2 is 1.67 bits per heavy atom. The maximum Gasteiger partial charge on any atom is 0.157 e. The van der Waals surface area contributed by atoms with Gasteiger partial charge in [0, 0.05) is 5.92 Å².